The topological polar surface area (TPSA) is 172 Å². The molecule has 0 aliphatic heterocycles. The number of esters is 2. The number of carboxylic acids is 1. The van der Waals surface area contributed by atoms with Gasteiger partial charge in [0.15, 0.2) is 6.10 Å². The maximum Gasteiger partial charge on any atom is 0.472 e. The van der Waals surface area contributed by atoms with Crippen molar-refractivity contribution in [3.05, 3.63) is 0 Å². The summed E-state index contributed by atoms with van der Waals surface area (Å²) < 4.78 is 30.7. The average Bonchev–Trinajstić information content (AvgIpc) is 2.59. The number of carbonyl (C=O) groups is 3. The first-order valence-corrected chi connectivity index (χ1v) is 9.56. The third-order valence-corrected chi connectivity index (χ3v) is 3.86. The number of ether oxygens (including phenoxy) is 2. The molecule has 0 heterocycles. The van der Waals surface area contributed by atoms with Gasteiger partial charge in [0.2, 0.25) is 0 Å². The fourth-order valence-corrected chi connectivity index (χ4v) is 2.21. The number of hydrogen-bond acceptors (Lipinski definition) is 9. The van der Waals surface area contributed by atoms with Crippen LogP contribution in [0.1, 0.15) is 39.5 Å². The SMILES string of the molecule is CCCCC(=O)O[C@H](COC(=O)CC)COP(=O)(O)OC[C@H](N)C(=O)O. The van der Waals surface area contributed by atoms with Crippen LogP contribution in [0.25, 0.3) is 0 Å². The Kier molecular flexibility index (Phi) is 12.0. The van der Waals surface area contributed by atoms with Gasteiger partial charge >= 0.3 is 25.7 Å². The Hall–Kier alpha value is -1.52. The lowest BCUT2D eigenvalue weighted by Crippen LogP contribution is -2.34. The molecule has 11 nitrogen and oxygen atoms in total. The summed E-state index contributed by atoms with van der Waals surface area (Å²) in [7, 11) is -4.63. The van der Waals surface area contributed by atoms with E-state index in [1.54, 1.807) is 6.92 Å². The van der Waals surface area contributed by atoms with E-state index in [1.807, 2.05) is 6.92 Å². The third kappa shape index (κ3) is 11.9. The lowest BCUT2D eigenvalue weighted by molar-refractivity contribution is -0.161. The van der Waals surface area contributed by atoms with Gasteiger partial charge < -0.3 is 25.2 Å². The van der Waals surface area contributed by atoms with E-state index in [9.17, 15) is 23.8 Å². The summed E-state index contributed by atoms with van der Waals surface area (Å²) in [5.41, 5.74) is 5.15. The van der Waals surface area contributed by atoms with Crippen molar-refractivity contribution < 1.29 is 47.5 Å². The molecule has 4 N–H and O–H groups in total. The normalized spacial score (nSPS) is 15.5. The maximum absolute atomic E-state index is 11.7. The van der Waals surface area contributed by atoms with Gasteiger partial charge in [-0.2, -0.15) is 0 Å². The number of nitrogens with two attached hydrogens (primary N) is 1. The lowest BCUT2D eigenvalue weighted by atomic mass is 10.2. The summed E-state index contributed by atoms with van der Waals surface area (Å²) in [4.78, 5) is 42.9. The van der Waals surface area contributed by atoms with Crippen LogP contribution in [0.5, 0.6) is 0 Å². The molecule has 0 radical (unpaired) electrons. The molecule has 0 fully saturated rings. The summed E-state index contributed by atoms with van der Waals surface area (Å²) in [6, 6.07) is -1.51. The summed E-state index contributed by atoms with van der Waals surface area (Å²) in [5, 5.41) is 8.59. The number of aliphatic carboxylic acids is 1. The van der Waals surface area contributed by atoms with E-state index in [4.69, 9.17) is 20.3 Å². The van der Waals surface area contributed by atoms with Crippen LogP contribution in [0, 0.1) is 0 Å². The molecule has 0 saturated heterocycles. The molecular weight excluding hydrogens is 373 g/mol. The monoisotopic (exact) mass is 399 g/mol. The van der Waals surface area contributed by atoms with Gasteiger partial charge in [0, 0.05) is 12.8 Å². The van der Waals surface area contributed by atoms with Crippen molar-refractivity contribution in [3.8, 4) is 0 Å². The van der Waals surface area contributed by atoms with E-state index in [0.717, 1.165) is 6.42 Å². The van der Waals surface area contributed by atoms with Crippen LogP contribution in [-0.4, -0.2) is 59.9 Å². The van der Waals surface area contributed by atoms with E-state index >= 15 is 0 Å². The van der Waals surface area contributed by atoms with Crippen molar-refractivity contribution in [2.75, 3.05) is 19.8 Å². The minimum Gasteiger partial charge on any atom is -0.480 e. The fourth-order valence-electron chi connectivity index (χ4n) is 1.43. The Morgan fingerprint density at radius 1 is 1.08 bits per heavy atom. The number of hydrogen-bond donors (Lipinski definition) is 3. The van der Waals surface area contributed by atoms with Crippen molar-refractivity contribution in [2.45, 2.75) is 51.7 Å². The molecule has 0 saturated carbocycles. The van der Waals surface area contributed by atoms with Crippen LogP contribution in [0.3, 0.4) is 0 Å². The molecule has 1 unspecified atom stereocenters. The molecule has 0 aromatic carbocycles. The van der Waals surface area contributed by atoms with Gasteiger partial charge in [-0.1, -0.05) is 20.3 Å². The zero-order chi connectivity index (χ0) is 20.2. The summed E-state index contributed by atoms with van der Waals surface area (Å²) in [5.74, 6) is -2.54. The van der Waals surface area contributed by atoms with Crippen LogP contribution in [0.2, 0.25) is 0 Å². The predicted molar refractivity (Wildman–Crippen MR) is 88.0 cm³/mol. The lowest BCUT2D eigenvalue weighted by Gasteiger charge is -2.20. The minimum absolute atomic E-state index is 0.103. The Morgan fingerprint density at radius 3 is 2.23 bits per heavy atom. The van der Waals surface area contributed by atoms with Crippen molar-refractivity contribution >= 4 is 25.7 Å². The van der Waals surface area contributed by atoms with E-state index in [2.05, 4.69) is 9.05 Å². The molecule has 12 heteroatoms. The van der Waals surface area contributed by atoms with Gasteiger partial charge in [-0.05, 0) is 6.42 Å². The quantitative estimate of drug-likeness (QED) is 0.276. The Bertz CT molecular complexity index is 512. The first kappa shape index (κ1) is 24.5. The van der Waals surface area contributed by atoms with Gasteiger partial charge in [-0.15, -0.1) is 0 Å². The molecule has 3 atom stereocenters. The number of rotatable bonds is 14. The standard InChI is InChI=1S/C14H26NO10P/c1-3-5-6-13(17)25-10(7-22-12(16)4-2)8-23-26(20,21)24-9-11(15)14(18)19/h10-11H,3-9,15H2,1-2H3,(H,18,19)(H,20,21)/t10-,11+/m1/s1. The Labute approximate surface area is 151 Å². The van der Waals surface area contributed by atoms with Crippen molar-refractivity contribution in [2.24, 2.45) is 5.73 Å². The largest absolute Gasteiger partial charge is 0.480 e. The highest BCUT2D eigenvalue weighted by molar-refractivity contribution is 7.47. The fraction of sp³-hybridized carbons (Fsp3) is 0.786. The van der Waals surface area contributed by atoms with E-state index < -0.39 is 51.1 Å². The molecule has 0 bridgehead atoms. The number of phosphoric acid groups is 1. The maximum atomic E-state index is 11.7. The second-order valence-electron chi connectivity index (χ2n) is 5.26. The van der Waals surface area contributed by atoms with Crippen LogP contribution in [-0.2, 0) is 37.5 Å². The first-order valence-electron chi connectivity index (χ1n) is 8.06. The zero-order valence-electron chi connectivity index (χ0n) is 14.8. The van der Waals surface area contributed by atoms with Gasteiger partial charge in [-0.25, -0.2) is 4.57 Å². The van der Waals surface area contributed by atoms with Crippen LogP contribution < -0.4 is 5.73 Å². The predicted octanol–water partition coefficient (Wildman–Crippen LogP) is 0.587. The number of unbranched alkanes of at least 4 members (excludes halogenated alkanes) is 1. The first-order chi connectivity index (χ1) is 12.1. The van der Waals surface area contributed by atoms with Crippen LogP contribution in [0.15, 0.2) is 0 Å². The second kappa shape index (κ2) is 12.8. The highest BCUT2D eigenvalue weighted by atomic mass is 31.2. The highest BCUT2D eigenvalue weighted by Crippen LogP contribution is 2.43. The number of phosphoric ester groups is 1. The second-order valence-corrected chi connectivity index (χ2v) is 6.71. The summed E-state index contributed by atoms with van der Waals surface area (Å²) >= 11 is 0. The smallest absolute Gasteiger partial charge is 0.472 e. The highest BCUT2D eigenvalue weighted by Gasteiger charge is 2.27. The van der Waals surface area contributed by atoms with Crippen molar-refractivity contribution in [1.82, 2.24) is 0 Å². The molecule has 0 aromatic rings. The third-order valence-electron chi connectivity index (χ3n) is 2.91. The van der Waals surface area contributed by atoms with E-state index in [-0.39, 0.29) is 19.4 Å². The molecule has 0 amide bonds. The molecule has 0 aromatic heterocycles. The summed E-state index contributed by atoms with van der Waals surface area (Å²) in [6.45, 7) is 1.75. The van der Waals surface area contributed by atoms with E-state index in [0.29, 0.717) is 6.42 Å². The van der Waals surface area contributed by atoms with Gasteiger partial charge in [0.1, 0.15) is 12.6 Å². The molecule has 152 valence electrons. The van der Waals surface area contributed by atoms with Gasteiger partial charge in [0.25, 0.3) is 0 Å². The van der Waals surface area contributed by atoms with Gasteiger partial charge in [-0.3, -0.25) is 23.4 Å². The Balaban J connectivity index is 4.62. The average molecular weight is 399 g/mol. The molecule has 0 spiro atoms. The van der Waals surface area contributed by atoms with E-state index in [1.165, 1.54) is 0 Å². The van der Waals surface area contributed by atoms with Crippen molar-refractivity contribution in [3.63, 3.8) is 0 Å². The summed E-state index contributed by atoms with van der Waals surface area (Å²) in [6.07, 6.45) is 0.481. The minimum atomic E-state index is -4.63. The molecule has 26 heavy (non-hydrogen) atoms. The zero-order valence-corrected chi connectivity index (χ0v) is 15.7. The molecular formula is C14H26NO10P. The van der Waals surface area contributed by atoms with Gasteiger partial charge in [0.05, 0.1) is 13.2 Å². The van der Waals surface area contributed by atoms with Crippen LogP contribution in [0.4, 0.5) is 0 Å². The molecule has 0 rings (SSSR count). The van der Waals surface area contributed by atoms with Crippen LogP contribution >= 0.6 is 7.82 Å². The molecule has 0 aliphatic carbocycles. The number of carboxylic acid groups (broad SMARTS) is 1. The Morgan fingerprint density at radius 2 is 1.69 bits per heavy atom. The van der Waals surface area contributed by atoms with Crippen molar-refractivity contribution in [1.29, 1.82) is 0 Å². The number of carbonyl (C=O) groups excluding carboxylic acids is 2. The molecule has 0 aliphatic rings.